The van der Waals surface area contributed by atoms with Crippen molar-refractivity contribution in [1.82, 2.24) is 10.7 Å². The average Bonchev–Trinajstić information content (AvgIpc) is 2.47. The molecular formula is C14H18N4O2. The summed E-state index contributed by atoms with van der Waals surface area (Å²) in [6, 6.07) is 9.13. The second-order valence-corrected chi connectivity index (χ2v) is 4.32. The molecule has 1 atom stereocenters. The molecule has 6 heteroatoms. The number of hydrogen-bond donors (Lipinski definition) is 3. The molecule has 1 aliphatic rings. The number of nitrogens with two attached hydrogens (primary N) is 1. The summed E-state index contributed by atoms with van der Waals surface area (Å²) in [7, 11) is 0. The van der Waals surface area contributed by atoms with Gasteiger partial charge >= 0.3 is 5.97 Å². The quantitative estimate of drug-likeness (QED) is 0.434. The van der Waals surface area contributed by atoms with Crippen LogP contribution >= 0.6 is 0 Å². The van der Waals surface area contributed by atoms with Gasteiger partial charge in [-0.15, -0.1) is 0 Å². The molecule has 0 unspecified atom stereocenters. The van der Waals surface area contributed by atoms with Gasteiger partial charge in [0.05, 0.1) is 12.2 Å². The Kier molecular flexibility index (Phi) is 4.37. The Morgan fingerprint density at radius 1 is 1.45 bits per heavy atom. The Morgan fingerprint density at radius 2 is 2.15 bits per heavy atom. The monoisotopic (exact) mass is 274 g/mol. The molecule has 0 aromatic heterocycles. The summed E-state index contributed by atoms with van der Waals surface area (Å²) in [5.41, 5.74) is 4.56. The number of guanidine groups is 1. The smallest absolute Gasteiger partial charge is 0.338 e. The number of hydrazine groups is 1. The first-order valence-electron chi connectivity index (χ1n) is 6.41. The Hall–Kier alpha value is -2.34. The summed E-state index contributed by atoms with van der Waals surface area (Å²) in [5.74, 6) is 5.46. The molecule has 0 aliphatic carbocycles. The van der Waals surface area contributed by atoms with Crippen LogP contribution in [0.4, 0.5) is 0 Å². The summed E-state index contributed by atoms with van der Waals surface area (Å²) < 4.78 is 5.11. The van der Waals surface area contributed by atoms with Crippen molar-refractivity contribution in [2.45, 2.75) is 19.9 Å². The van der Waals surface area contributed by atoms with E-state index in [1.807, 2.05) is 30.3 Å². The molecule has 0 saturated heterocycles. The predicted octanol–water partition coefficient (Wildman–Crippen LogP) is 0.987. The molecule has 6 nitrogen and oxygen atoms in total. The van der Waals surface area contributed by atoms with Crippen LogP contribution in [0.15, 0.2) is 46.6 Å². The molecule has 0 fully saturated rings. The van der Waals surface area contributed by atoms with E-state index < -0.39 is 6.04 Å². The molecule has 2 rings (SSSR count). The van der Waals surface area contributed by atoms with Crippen molar-refractivity contribution in [3.8, 4) is 0 Å². The van der Waals surface area contributed by atoms with Gasteiger partial charge < -0.3 is 10.1 Å². The molecule has 1 aromatic rings. The molecular weight excluding hydrogens is 256 g/mol. The summed E-state index contributed by atoms with van der Waals surface area (Å²) in [6.07, 6.45) is 0. The third-order valence-electron chi connectivity index (χ3n) is 2.99. The normalized spacial score (nSPS) is 18.1. The lowest BCUT2D eigenvalue weighted by atomic mass is 9.96. The molecule has 0 saturated carbocycles. The fourth-order valence-electron chi connectivity index (χ4n) is 2.10. The van der Waals surface area contributed by atoms with Crippen LogP contribution in [0.1, 0.15) is 25.5 Å². The highest BCUT2D eigenvalue weighted by Crippen LogP contribution is 2.30. The van der Waals surface area contributed by atoms with Crippen LogP contribution in [0.3, 0.4) is 0 Å². The van der Waals surface area contributed by atoms with E-state index >= 15 is 0 Å². The Morgan fingerprint density at radius 3 is 2.75 bits per heavy atom. The van der Waals surface area contributed by atoms with Crippen molar-refractivity contribution in [1.29, 1.82) is 0 Å². The van der Waals surface area contributed by atoms with Crippen molar-refractivity contribution < 1.29 is 9.53 Å². The SMILES string of the molecule is CCOC(=O)C1=C(C)NC(NN)=N[C@H]1c1ccccc1. The average molecular weight is 274 g/mol. The number of nitrogens with zero attached hydrogens (tertiary/aromatic N) is 1. The number of carbonyl (C=O) groups is 1. The number of carbonyl (C=O) groups excluding carboxylic acids is 1. The molecule has 20 heavy (non-hydrogen) atoms. The van der Waals surface area contributed by atoms with Gasteiger partial charge in [0.1, 0.15) is 6.04 Å². The fraction of sp³-hybridized carbons (Fsp3) is 0.286. The maximum absolute atomic E-state index is 12.1. The fourth-order valence-corrected chi connectivity index (χ4v) is 2.10. The van der Waals surface area contributed by atoms with Gasteiger partial charge in [0.15, 0.2) is 0 Å². The Bertz CT molecular complexity index is 552. The lowest BCUT2D eigenvalue weighted by molar-refractivity contribution is -0.138. The van der Waals surface area contributed by atoms with Crippen LogP contribution in [0.5, 0.6) is 0 Å². The first kappa shape index (κ1) is 14.1. The maximum atomic E-state index is 12.1. The molecule has 0 spiro atoms. The number of rotatable bonds is 3. The second kappa shape index (κ2) is 6.21. The van der Waals surface area contributed by atoms with Gasteiger partial charge in [-0.2, -0.15) is 0 Å². The third-order valence-corrected chi connectivity index (χ3v) is 2.99. The number of esters is 1. The number of hydrogen-bond acceptors (Lipinski definition) is 6. The van der Waals surface area contributed by atoms with Gasteiger partial charge in [-0.3, -0.25) is 5.43 Å². The molecule has 4 N–H and O–H groups in total. The van der Waals surface area contributed by atoms with Crippen molar-refractivity contribution in [2.24, 2.45) is 10.8 Å². The molecule has 0 radical (unpaired) electrons. The van der Waals surface area contributed by atoms with Gasteiger partial charge in [-0.1, -0.05) is 30.3 Å². The van der Waals surface area contributed by atoms with E-state index in [2.05, 4.69) is 15.7 Å². The van der Waals surface area contributed by atoms with Crippen LogP contribution in [0.25, 0.3) is 0 Å². The van der Waals surface area contributed by atoms with E-state index in [0.29, 0.717) is 23.8 Å². The highest BCUT2D eigenvalue weighted by Gasteiger charge is 2.29. The standard InChI is InChI=1S/C14H18N4O2/c1-3-20-13(19)11-9(2)16-14(18-15)17-12(11)10-7-5-4-6-8-10/h4-8,12H,3,15H2,1-2H3,(H2,16,17,18)/t12-/m0/s1. The zero-order chi connectivity index (χ0) is 14.5. The summed E-state index contributed by atoms with van der Waals surface area (Å²) in [4.78, 5) is 16.6. The van der Waals surface area contributed by atoms with Gasteiger partial charge in [-0.05, 0) is 19.4 Å². The van der Waals surface area contributed by atoms with Crippen molar-refractivity contribution in [2.75, 3.05) is 6.61 Å². The van der Waals surface area contributed by atoms with E-state index in [0.717, 1.165) is 5.56 Å². The summed E-state index contributed by atoms with van der Waals surface area (Å²) >= 11 is 0. The van der Waals surface area contributed by atoms with Crippen molar-refractivity contribution in [3.05, 3.63) is 47.2 Å². The minimum atomic E-state index is -0.428. The lowest BCUT2D eigenvalue weighted by Gasteiger charge is -2.25. The molecule has 1 aromatic carbocycles. The predicted molar refractivity (Wildman–Crippen MR) is 76.4 cm³/mol. The number of nitrogens with one attached hydrogen (secondary N) is 2. The molecule has 0 bridgehead atoms. The van der Waals surface area contributed by atoms with Gasteiger partial charge in [-0.25, -0.2) is 15.6 Å². The Balaban J connectivity index is 2.43. The van der Waals surface area contributed by atoms with Gasteiger partial charge in [0.2, 0.25) is 5.96 Å². The Labute approximate surface area is 117 Å². The number of benzene rings is 1. The molecule has 1 aliphatic heterocycles. The van der Waals surface area contributed by atoms with E-state index in [4.69, 9.17) is 10.6 Å². The zero-order valence-corrected chi connectivity index (χ0v) is 11.5. The van der Waals surface area contributed by atoms with E-state index in [1.54, 1.807) is 13.8 Å². The summed E-state index contributed by atoms with van der Waals surface area (Å²) in [5, 5.41) is 2.95. The van der Waals surface area contributed by atoms with E-state index in [1.165, 1.54) is 0 Å². The maximum Gasteiger partial charge on any atom is 0.338 e. The number of aliphatic imine (C=N–C) groups is 1. The van der Waals surface area contributed by atoms with E-state index in [9.17, 15) is 4.79 Å². The highest BCUT2D eigenvalue weighted by atomic mass is 16.5. The number of allylic oxidation sites excluding steroid dienone is 1. The van der Waals surface area contributed by atoms with E-state index in [-0.39, 0.29) is 5.97 Å². The van der Waals surface area contributed by atoms with Crippen LogP contribution < -0.4 is 16.6 Å². The minimum Gasteiger partial charge on any atom is -0.463 e. The van der Waals surface area contributed by atoms with Crippen LogP contribution in [-0.2, 0) is 9.53 Å². The third kappa shape index (κ3) is 2.80. The van der Waals surface area contributed by atoms with Gasteiger partial charge in [0.25, 0.3) is 0 Å². The molecule has 0 amide bonds. The zero-order valence-electron chi connectivity index (χ0n) is 11.5. The van der Waals surface area contributed by atoms with Crippen LogP contribution in [0.2, 0.25) is 0 Å². The largest absolute Gasteiger partial charge is 0.463 e. The first-order chi connectivity index (χ1) is 9.67. The van der Waals surface area contributed by atoms with Crippen molar-refractivity contribution in [3.63, 3.8) is 0 Å². The topological polar surface area (TPSA) is 88.7 Å². The minimum absolute atomic E-state index is 0.322. The molecule has 1 heterocycles. The highest BCUT2D eigenvalue weighted by molar-refractivity contribution is 5.95. The number of ether oxygens (including phenoxy) is 1. The first-order valence-corrected chi connectivity index (χ1v) is 6.41. The van der Waals surface area contributed by atoms with Crippen molar-refractivity contribution >= 4 is 11.9 Å². The summed E-state index contributed by atoms with van der Waals surface area (Å²) in [6.45, 7) is 3.90. The van der Waals surface area contributed by atoms with Crippen LogP contribution in [0, 0.1) is 0 Å². The second-order valence-electron chi connectivity index (χ2n) is 4.32. The lowest BCUT2D eigenvalue weighted by Crippen LogP contribution is -2.44. The van der Waals surface area contributed by atoms with Gasteiger partial charge in [0, 0.05) is 5.70 Å². The van der Waals surface area contributed by atoms with Crippen LogP contribution in [-0.4, -0.2) is 18.5 Å². The molecule has 106 valence electrons.